The second kappa shape index (κ2) is 19.2. The van der Waals surface area contributed by atoms with Gasteiger partial charge in [0, 0.05) is 65.4 Å². The third-order valence-electron chi connectivity index (χ3n) is 6.00. The zero-order valence-corrected chi connectivity index (χ0v) is 32.8. The molecular weight excluding hydrogens is 666 g/mol. The molecule has 3 aromatic rings. The van der Waals surface area contributed by atoms with Gasteiger partial charge in [-0.3, -0.25) is 9.69 Å². The summed E-state index contributed by atoms with van der Waals surface area (Å²) in [4.78, 5) is 13.4. The Balaban J connectivity index is -0.000000526. The van der Waals surface area contributed by atoms with Crippen LogP contribution in [-0.4, -0.2) is 0 Å². The van der Waals surface area contributed by atoms with Crippen molar-refractivity contribution in [2.45, 2.75) is 85.5 Å². The van der Waals surface area contributed by atoms with Crippen molar-refractivity contribution < 1.29 is 65.4 Å². The van der Waals surface area contributed by atoms with Gasteiger partial charge in [0.2, 0.25) is 5.69 Å². The maximum atomic E-state index is 6.97. The molecule has 0 bridgehead atoms. The number of rotatable bonds is 0. The van der Waals surface area contributed by atoms with E-state index in [0.717, 1.165) is 22.4 Å². The monoisotopic (exact) mass is 708 g/mol. The summed E-state index contributed by atoms with van der Waals surface area (Å²) in [6.07, 6.45) is 0. The molecule has 2 radical (unpaired) electrons. The van der Waals surface area contributed by atoms with Gasteiger partial charge in [0.15, 0.2) is 17.1 Å². The molecule has 0 N–H and O–H groups in total. The Bertz CT molecular complexity index is 1440. The van der Waals surface area contributed by atoms with Crippen molar-refractivity contribution in [1.29, 1.82) is 0 Å². The van der Waals surface area contributed by atoms with Crippen LogP contribution >= 0.6 is 0 Å². The van der Waals surface area contributed by atoms with Crippen LogP contribution in [0.1, 0.15) is 84.6 Å². The van der Waals surface area contributed by atoms with Gasteiger partial charge >= 0.3 is 0 Å². The molecule has 0 aromatic heterocycles. The van der Waals surface area contributed by atoms with E-state index in [0.29, 0.717) is 17.1 Å². The Morgan fingerprint density at radius 2 is 1.00 bits per heavy atom. The summed E-state index contributed by atoms with van der Waals surface area (Å²) < 4.78 is 0. The summed E-state index contributed by atoms with van der Waals surface area (Å²) in [5.74, 6) is 0. The topological polar surface area (TPSA) is 17.4 Å². The molecule has 0 saturated carbocycles. The Hall–Kier alpha value is -2.17. The van der Waals surface area contributed by atoms with Crippen molar-refractivity contribution in [3.63, 3.8) is 0 Å². The molecule has 0 spiro atoms. The Morgan fingerprint density at radius 1 is 0.548 bits per heavy atom. The maximum Gasteiger partial charge on any atom is 0.207 e. The predicted molar refractivity (Wildman–Crippen MR) is 170 cm³/mol. The van der Waals surface area contributed by atoms with Gasteiger partial charge in [0.1, 0.15) is 6.57 Å². The standard InChI is InChI=1S/C12H12N2.C12H15N.C11H12N.CH3.2Y/c1-12(2,3)9-6-7-10(13-4)11(8-9)14-5;1-9-8-10(12(2,3)4)6-7-11(9)13-5;1-11(2,3)9-5-7-10(12-4)8-6-9;;;/h6-8H,1-3H3;6-8H,1-4H3;5,7-8H,1-3H3;1H3;;/q;;2*-1;;. The summed E-state index contributed by atoms with van der Waals surface area (Å²) in [5, 5.41) is 0. The van der Waals surface area contributed by atoms with E-state index >= 15 is 0 Å². The largest absolute Gasteiger partial charge is 0.358 e. The predicted octanol–water partition coefficient (Wildman–Crippen LogP) is 11.7. The van der Waals surface area contributed by atoms with Crippen LogP contribution in [0.5, 0.6) is 0 Å². The van der Waals surface area contributed by atoms with Gasteiger partial charge < -0.3 is 7.43 Å². The van der Waals surface area contributed by atoms with Crippen LogP contribution in [0, 0.1) is 46.7 Å². The van der Waals surface area contributed by atoms with Crippen LogP contribution < -0.4 is 0 Å². The average molecular weight is 709 g/mol. The van der Waals surface area contributed by atoms with Crippen molar-refractivity contribution >= 4 is 22.7 Å². The van der Waals surface area contributed by atoms with Gasteiger partial charge in [-0.25, -0.2) is 9.69 Å². The average Bonchev–Trinajstić information content (AvgIpc) is 2.87. The van der Waals surface area contributed by atoms with Gasteiger partial charge in [-0.2, -0.15) is 17.7 Å². The van der Waals surface area contributed by atoms with Crippen LogP contribution in [0.25, 0.3) is 19.4 Å². The fraction of sp³-hybridized carbons (Fsp3) is 0.361. The van der Waals surface area contributed by atoms with E-state index in [4.69, 9.17) is 26.3 Å². The number of aryl methyl sites for hydroxylation is 1. The SMILES string of the molecule is [C-]#[N+]c1c[c-]c(C(C)(C)C)cc1.[C-]#[N+]c1ccc(C(C)(C)C)cc1C.[C-]#[N+]c1ccc(C(C)(C)C)cc1[N+]#[C-].[CH3-].[Y].[Y]. The molecular formula is C36H42N4Y2-2. The molecule has 4 nitrogen and oxygen atoms in total. The number of benzene rings is 3. The molecule has 0 amide bonds. The molecule has 0 fully saturated rings. The molecule has 3 aromatic carbocycles. The molecule has 0 aliphatic rings. The first-order chi connectivity index (χ1) is 18.0. The Kier molecular flexibility index (Phi) is 20.2. The van der Waals surface area contributed by atoms with Gasteiger partial charge in [-0.15, -0.1) is 0 Å². The van der Waals surface area contributed by atoms with Gasteiger partial charge in [0.25, 0.3) is 0 Å². The molecule has 0 heterocycles. The van der Waals surface area contributed by atoms with Crippen LogP contribution in [-0.2, 0) is 81.7 Å². The maximum absolute atomic E-state index is 6.97. The third kappa shape index (κ3) is 14.3. The zero-order valence-electron chi connectivity index (χ0n) is 27.1. The van der Waals surface area contributed by atoms with E-state index in [9.17, 15) is 0 Å². The first kappa shape index (κ1) is 44.3. The van der Waals surface area contributed by atoms with E-state index in [1.165, 1.54) is 5.56 Å². The Morgan fingerprint density at radius 3 is 1.33 bits per heavy atom. The second-order valence-electron chi connectivity index (χ2n) is 12.4. The van der Waals surface area contributed by atoms with Crippen molar-refractivity contribution in [2.24, 2.45) is 0 Å². The molecule has 0 unspecified atom stereocenters. The van der Waals surface area contributed by atoms with Gasteiger partial charge in [-0.1, -0.05) is 116 Å². The third-order valence-corrected chi connectivity index (χ3v) is 6.00. The summed E-state index contributed by atoms with van der Waals surface area (Å²) >= 11 is 0. The van der Waals surface area contributed by atoms with Crippen LogP contribution in [0.3, 0.4) is 0 Å². The van der Waals surface area contributed by atoms with Gasteiger partial charge in [-0.05, 0) is 34.3 Å². The van der Waals surface area contributed by atoms with E-state index in [-0.39, 0.29) is 89.1 Å². The summed E-state index contributed by atoms with van der Waals surface area (Å²) in [7, 11) is 0. The quantitative estimate of drug-likeness (QED) is 0.207. The van der Waals surface area contributed by atoms with Crippen molar-refractivity contribution in [3.8, 4) is 0 Å². The molecule has 0 aliphatic carbocycles. The first-order valence-electron chi connectivity index (χ1n) is 12.8. The molecule has 0 aliphatic heterocycles. The number of hydrogen-bond acceptors (Lipinski definition) is 0. The van der Waals surface area contributed by atoms with Crippen molar-refractivity contribution in [1.82, 2.24) is 0 Å². The number of hydrogen-bond donors (Lipinski definition) is 0. The minimum atomic E-state index is 0. The minimum Gasteiger partial charge on any atom is -0.358 e. The van der Waals surface area contributed by atoms with E-state index in [1.54, 1.807) is 18.2 Å². The van der Waals surface area contributed by atoms with E-state index in [2.05, 4.69) is 93.8 Å². The Labute approximate surface area is 306 Å². The molecule has 6 heteroatoms. The fourth-order valence-corrected chi connectivity index (χ4v) is 3.37. The summed E-state index contributed by atoms with van der Waals surface area (Å²) in [6.45, 7) is 48.8. The van der Waals surface area contributed by atoms with Crippen LogP contribution in [0.15, 0.2) is 54.6 Å². The summed E-state index contributed by atoms with van der Waals surface area (Å²) in [6, 6.07) is 20.2. The van der Waals surface area contributed by atoms with Crippen molar-refractivity contribution in [3.05, 3.63) is 136 Å². The number of nitrogens with zero attached hydrogens (tertiary/aromatic N) is 4. The van der Waals surface area contributed by atoms with E-state index in [1.807, 2.05) is 37.3 Å². The van der Waals surface area contributed by atoms with Gasteiger partial charge in [0.05, 0.1) is 19.7 Å². The minimum absolute atomic E-state index is 0. The molecule has 0 atom stereocenters. The van der Waals surface area contributed by atoms with Crippen LogP contribution in [0.4, 0.5) is 22.7 Å². The molecule has 0 saturated heterocycles. The molecule has 3 rings (SSSR count). The second-order valence-corrected chi connectivity index (χ2v) is 12.4. The van der Waals surface area contributed by atoms with Crippen LogP contribution in [0.2, 0.25) is 0 Å². The zero-order chi connectivity index (χ0) is 30.0. The van der Waals surface area contributed by atoms with E-state index < -0.39 is 0 Å². The normalized spacial score (nSPS) is 9.95. The fourth-order valence-electron chi connectivity index (χ4n) is 3.37. The molecule has 42 heavy (non-hydrogen) atoms. The molecule has 214 valence electrons. The van der Waals surface area contributed by atoms with Crippen molar-refractivity contribution in [2.75, 3.05) is 0 Å². The smallest absolute Gasteiger partial charge is 0.207 e. The first-order valence-corrected chi connectivity index (χ1v) is 12.8. The summed E-state index contributed by atoms with van der Waals surface area (Å²) in [5.41, 5.74) is 7.23.